The molecule has 1 aromatic carbocycles. The Kier molecular flexibility index (Phi) is 4.46. The van der Waals surface area contributed by atoms with E-state index in [1.165, 1.54) is 45.1 Å². The standard InChI is InChI=1S/C17H26N2O/c18-15-7-3-8-16(13-15)20-12-11-19-10-4-6-14-5-1-2-9-17(14)19/h3,7-8,13-14,17H,1-2,4-6,9-12,18H2/t14-,17-/m1/s1. The van der Waals surface area contributed by atoms with Gasteiger partial charge in [0.05, 0.1) is 0 Å². The van der Waals surface area contributed by atoms with Gasteiger partial charge in [0, 0.05) is 24.3 Å². The molecule has 20 heavy (non-hydrogen) atoms. The number of likely N-dealkylation sites (tertiary alicyclic amines) is 1. The third-order valence-corrected chi connectivity index (χ3v) is 4.86. The number of hydrogen-bond donors (Lipinski definition) is 1. The maximum Gasteiger partial charge on any atom is 0.121 e. The summed E-state index contributed by atoms with van der Waals surface area (Å²) in [5.41, 5.74) is 6.54. The third kappa shape index (κ3) is 3.26. The van der Waals surface area contributed by atoms with Gasteiger partial charge in [0.2, 0.25) is 0 Å². The molecular formula is C17H26N2O. The van der Waals surface area contributed by atoms with Crippen LogP contribution in [0.4, 0.5) is 5.69 Å². The predicted octanol–water partition coefficient (Wildman–Crippen LogP) is 3.30. The second kappa shape index (κ2) is 6.49. The van der Waals surface area contributed by atoms with Crippen molar-refractivity contribution in [3.8, 4) is 5.75 Å². The van der Waals surface area contributed by atoms with Crippen LogP contribution in [0.15, 0.2) is 24.3 Å². The summed E-state index contributed by atoms with van der Waals surface area (Å²) < 4.78 is 5.85. The summed E-state index contributed by atoms with van der Waals surface area (Å²) in [6, 6.07) is 8.55. The van der Waals surface area contributed by atoms with Crippen molar-refractivity contribution in [2.45, 2.75) is 44.6 Å². The number of nitrogens with zero attached hydrogens (tertiary/aromatic N) is 1. The summed E-state index contributed by atoms with van der Waals surface area (Å²) in [7, 11) is 0. The number of anilines is 1. The van der Waals surface area contributed by atoms with Gasteiger partial charge in [-0.25, -0.2) is 0 Å². The first-order chi connectivity index (χ1) is 9.83. The minimum atomic E-state index is 0.771. The van der Waals surface area contributed by atoms with E-state index in [1.807, 2.05) is 24.3 Å². The quantitative estimate of drug-likeness (QED) is 0.856. The molecule has 0 radical (unpaired) electrons. The Balaban J connectivity index is 1.50. The molecule has 1 saturated heterocycles. The van der Waals surface area contributed by atoms with Gasteiger partial charge in [-0.3, -0.25) is 4.90 Å². The van der Waals surface area contributed by atoms with Crippen LogP contribution in [0.2, 0.25) is 0 Å². The molecule has 1 aliphatic heterocycles. The van der Waals surface area contributed by atoms with Gasteiger partial charge in [0.15, 0.2) is 0 Å². The van der Waals surface area contributed by atoms with Gasteiger partial charge in [0.1, 0.15) is 12.4 Å². The zero-order valence-corrected chi connectivity index (χ0v) is 12.3. The molecule has 1 aliphatic carbocycles. The molecule has 0 bridgehead atoms. The van der Waals surface area contributed by atoms with Crippen molar-refractivity contribution in [2.24, 2.45) is 5.92 Å². The molecule has 3 heteroatoms. The lowest BCUT2D eigenvalue weighted by Gasteiger charge is -2.44. The molecule has 0 spiro atoms. The first-order valence-corrected chi connectivity index (χ1v) is 8.05. The molecule has 2 fully saturated rings. The van der Waals surface area contributed by atoms with E-state index in [0.717, 1.165) is 36.5 Å². The molecule has 0 unspecified atom stereocenters. The van der Waals surface area contributed by atoms with Gasteiger partial charge in [-0.1, -0.05) is 18.9 Å². The van der Waals surface area contributed by atoms with Crippen molar-refractivity contribution in [1.82, 2.24) is 4.90 Å². The van der Waals surface area contributed by atoms with Gasteiger partial charge < -0.3 is 10.5 Å². The summed E-state index contributed by atoms with van der Waals surface area (Å²) in [5.74, 6) is 1.84. The minimum absolute atomic E-state index is 0.771. The fraction of sp³-hybridized carbons (Fsp3) is 0.647. The first-order valence-electron chi connectivity index (χ1n) is 8.05. The van der Waals surface area contributed by atoms with E-state index >= 15 is 0 Å². The van der Waals surface area contributed by atoms with Crippen LogP contribution in [0.1, 0.15) is 38.5 Å². The van der Waals surface area contributed by atoms with E-state index in [9.17, 15) is 0 Å². The Morgan fingerprint density at radius 1 is 1.15 bits per heavy atom. The second-order valence-electron chi connectivity index (χ2n) is 6.21. The largest absolute Gasteiger partial charge is 0.492 e. The van der Waals surface area contributed by atoms with Gasteiger partial charge in [-0.2, -0.15) is 0 Å². The molecule has 0 amide bonds. The van der Waals surface area contributed by atoms with Crippen LogP contribution in [0.5, 0.6) is 5.75 Å². The average Bonchev–Trinajstić information content (AvgIpc) is 2.48. The molecule has 2 aliphatic rings. The van der Waals surface area contributed by atoms with E-state index < -0.39 is 0 Å². The molecular weight excluding hydrogens is 248 g/mol. The molecule has 110 valence electrons. The van der Waals surface area contributed by atoms with Gasteiger partial charge in [-0.15, -0.1) is 0 Å². The Bertz CT molecular complexity index is 433. The van der Waals surface area contributed by atoms with Crippen molar-refractivity contribution in [3.05, 3.63) is 24.3 Å². The number of fused-ring (bicyclic) bond motifs is 1. The van der Waals surface area contributed by atoms with Crippen LogP contribution >= 0.6 is 0 Å². The highest BCUT2D eigenvalue weighted by molar-refractivity contribution is 5.43. The highest BCUT2D eigenvalue weighted by Gasteiger charge is 2.32. The van der Waals surface area contributed by atoms with Crippen LogP contribution < -0.4 is 10.5 Å². The number of rotatable bonds is 4. The monoisotopic (exact) mass is 274 g/mol. The lowest BCUT2D eigenvalue weighted by Crippen LogP contribution is -2.48. The smallest absolute Gasteiger partial charge is 0.121 e. The van der Waals surface area contributed by atoms with E-state index in [4.69, 9.17) is 10.5 Å². The molecule has 1 saturated carbocycles. The summed E-state index contributed by atoms with van der Waals surface area (Å²) in [6.07, 6.45) is 8.49. The molecule has 2 atom stereocenters. The number of benzene rings is 1. The van der Waals surface area contributed by atoms with Crippen molar-refractivity contribution >= 4 is 5.69 Å². The van der Waals surface area contributed by atoms with Crippen LogP contribution in [0.3, 0.4) is 0 Å². The molecule has 3 nitrogen and oxygen atoms in total. The Hall–Kier alpha value is -1.22. The molecule has 1 aromatic rings. The molecule has 0 aromatic heterocycles. The van der Waals surface area contributed by atoms with Crippen LogP contribution in [0.25, 0.3) is 0 Å². The predicted molar refractivity (Wildman–Crippen MR) is 82.9 cm³/mol. The van der Waals surface area contributed by atoms with E-state index in [2.05, 4.69) is 4.90 Å². The number of piperidine rings is 1. The topological polar surface area (TPSA) is 38.5 Å². The van der Waals surface area contributed by atoms with E-state index in [0.29, 0.717) is 0 Å². The van der Waals surface area contributed by atoms with Gasteiger partial charge >= 0.3 is 0 Å². The number of nitrogen functional groups attached to an aromatic ring is 1. The summed E-state index contributed by atoms with van der Waals surface area (Å²) in [6.45, 7) is 3.07. The third-order valence-electron chi connectivity index (χ3n) is 4.86. The lowest BCUT2D eigenvalue weighted by molar-refractivity contribution is 0.0502. The Morgan fingerprint density at radius 2 is 2.00 bits per heavy atom. The van der Waals surface area contributed by atoms with Gasteiger partial charge in [-0.05, 0) is 50.3 Å². The van der Waals surface area contributed by atoms with Crippen molar-refractivity contribution in [1.29, 1.82) is 0 Å². The zero-order chi connectivity index (χ0) is 13.8. The zero-order valence-electron chi connectivity index (χ0n) is 12.3. The van der Waals surface area contributed by atoms with Crippen molar-refractivity contribution in [2.75, 3.05) is 25.4 Å². The highest BCUT2D eigenvalue weighted by Crippen LogP contribution is 2.34. The highest BCUT2D eigenvalue weighted by atomic mass is 16.5. The molecule has 3 rings (SSSR count). The fourth-order valence-corrected chi connectivity index (χ4v) is 3.89. The fourth-order valence-electron chi connectivity index (χ4n) is 3.89. The van der Waals surface area contributed by atoms with Crippen molar-refractivity contribution < 1.29 is 4.74 Å². The average molecular weight is 274 g/mol. The maximum atomic E-state index is 5.85. The summed E-state index contributed by atoms with van der Waals surface area (Å²) >= 11 is 0. The number of nitrogens with two attached hydrogens (primary N) is 1. The minimum Gasteiger partial charge on any atom is -0.492 e. The van der Waals surface area contributed by atoms with E-state index in [-0.39, 0.29) is 0 Å². The maximum absolute atomic E-state index is 5.85. The van der Waals surface area contributed by atoms with E-state index in [1.54, 1.807) is 0 Å². The number of ether oxygens (including phenoxy) is 1. The molecule has 2 N–H and O–H groups in total. The SMILES string of the molecule is Nc1cccc(OCCN2CCC[C@H]3CCCC[C@H]32)c1. The van der Waals surface area contributed by atoms with Gasteiger partial charge in [0.25, 0.3) is 0 Å². The number of hydrogen-bond acceptors (Lipinski definition) is 3. The van der Waals surface area contributed by atoms with Crippen molar-refractivity contribution in [3.63, 3.8) is 0 Å². The second-order valence-corrected chi connectivity index (χ2v) is 6.21. The summed E-state index contributed by atoms with van der Waals surface area (Å²) in [5, 5.41) is 0. The van der Waals surface area contributed by atoms with Crippen LogP contribution in [-0.2, 0) is 0 Å². The van der Waals surface area contributed by atoms with Crippen LogP contribution in [-0.4, -0.2) is 30.6 Å². The van der Waals surface area contributed by atoms with Crippen LogP contribution in [0, 0.1) is 5.92 Å². The Labute approximate surface area is 122 Å². The lowest BCUT2D eigenvalue weighted by atomic mass is 9.78. The Morgan fingerprint density at radius 3 is 2.90 bits per heavy atom. The summed E-state index contributed by atoms with van der Waals surface area (Å²) in [4.78, 5) is 2.67. The molecule has 1 heterocycles. The first kappa shape index (κ1) is 13.7. The normalized spacial score (nSPS) is 27.0.